The Bertz CT molecular complexity index is 343. The Labute approximate surface area is 115 Å². The van der Waals surface area contributed by atoms with E-state index in [0.29, 0.717) is 11.5 Å². The van der Waals surface area contributed by atoms with Crippen molar-refractivity contribution in [2.45, 2.75) is 44.6 Å². The standard InChI is InChI=1S/C15H24FNS/c1-15(2,3)10-9-13(17-4)11-18-14-7-5-12(16)6-8-14/h5-8,13,17H,9-11H2,1-4H3. The molecule has 102 valence electrons. The minimum atomic E-state index is -0.169. The average molecular weight is 269 g/mol. The second-order valence-corrected chi connectivity index (χ2v) is 6.94. The van der Waals surface area contributed by atoms with Crippen molar-refractivity contribution < 1.29 is 4.39 Å². The van der Waals surface area contributed by atoms with Crippen LogP contribution in [0.25, 0.3) is 0 Å². The molecule has 0 saturated heterocycles. The van der Waals surface area contributed by atoms with Crippen LogP contribution in [0.4, 0.5) is 4.39 Å². The van der Waals surface area contributed by atoms with Gasteiger partial charge in [0.1, 0.15) is 5.82 Å². The van der Waals surface area contributed by atoms with Crippen LogP contribution < -0.4 is 5.32 Å². The molecular weight excluding hydrogens is 245 g/mol. The maximum absolute atomic E-state index is 12.8. The largest absolute Gasteiger partial charge is 0.316 e. The predicted molar refractivity (Wildman–Crippen MR) is 78.7 cm³/mol. The monoisotopic (exact) mass is 269 g/mol. The average Bonchev–Trinajstić information content (AvgIpc) is 2.30. The topological polar surface area (TPSA) is 12.0 Å². The molecule has 0 aliphatic rings. The first-order valence-corrected chi connectivity index (χ1v) is 7.45. The van der Waals surface area contributed by atoms with Gasteiger partial charge in [0.15, 0.2) is 0 Å². The van der Waals surface area contributed by atoms with E-state index >= 15 is 0 Å². The van der Waals surface area contributed by atoms with Crippen LogP contribution in [0.1, 0.15) is 33.6 Å². The molecule has 1 unspecified atom stereocenters. The highest BCUT2D eigenvalue weighted by molar-refractivity contribution is 7.99. The van der Waals surface area contributed by atoms with E-state index in [-0.39, 0.29) is 5.82 Å². The van der Waals surface area contributed by atoms with Crippen molar-refractivity contribution in [3.05, 3.63) is 30.1 Å². The third kappa shape index (κ3) is 6.41. The van der Waals surface area contributed by atoms with E-state index in [2.05, 4.69) is 26.1 Å². The lowest BCUT2D eigenvalue weighted by Crippen LogP contribution is -2.29. The SMILES string of the molecule is CNC(CCC(C)(C)C)CSc1ccc(F)cc1. The Kier molecular flexibility index (Phi) is 6.16. The van der Waals surface area contributed by atoms with Crippen molar-refractivity contribution in [1.82, 2.24) is 5.32 Å². The quantitative estimate of drug-likeness (QED) is 0.771. The first-order chi connectivity index (χ1) is 8.40. The van der Waals surface area contributed by atoms with Gasteiger partial charge in [-0.15, -0.1) is 11.8 Å². The van der Waals surface area contributed by atoms with Crippen LogP contribution in [0.3, 0.4) is 0 Å². The van der Waals surface area contributed by atoms with Crippen molar-refractivity contribution in [2.75, 3.05) is 12.8 Å². The van der Waals surface area contributed by atoms with E-state index in [1.165, 1.54) is 25.0 Å². The van der Waals surface area contributed by atoms with Crippen molar-refractivity contribution in [2.24, 2.45) is 5.41 Å². The number of rotatable bonds is 6. The summed E-state index contributed by atoms with van der Waals surface area (Å²) >= 11 is 1.78. The minimum Gasteiger partial charge on any atom is -0.316 e. The molecule has 0 bridgehead atoms. The highest BCUT2D eigenvalue weighted by Crippen LogP contribution is 2.24. The summed E-state index contributed by atoms with van der Waals surface area (Å²) in [5, 5.41) is 3.36. The van der Waals surface area contributed by atoms with E-state index in [9.17, 15) is 4.39 Å². The molecular formula is C15H24FNS. The molecule has 1 aromatic rings. The lowest BCUT2D eigenvalue weighted by atomic mass is 9.89. The molecule has 0 amide bonds. The second kappa shape index (κ2) is 7.15. The lowest BCUT2D eigenvalue weighted by molar-refractivity contribution is 0.343. The fourth-order valence-electron chi connectivity index (χ4n) is 1.65. The van der Waals surface area contributed by atoms with Gasteiger partial charge in [0, 0.05) is 16.7 Å². The van der Waals surface area contributed by atoms with E-state index in [0.717, 1.165) is 10.6 Å². The molecule has 18 heavy (non-hydrogen) atoms. The summed E-state index contributed by atoms with van der Waals surface area (Å²) in [5.41, 5.74) is 0.385. The molecule has 0 aromatic heterocycles. The van der Waals surface area contributed by atoms with E-state index < -0.39 is 0 Å². The maximum Gasteiger partial charge on any atom is 0.123 e. The van der Waals surface area contributed by atoms with Crippen LogP contribution in [0.5, 0.6) is 0 Å². The molecule has 1 atom stereocenters. The molecule has 0 aliphatic carbocycles. The van der Waals surface area contributed by atoms with Crippen molar-refractivity contribution in [3.8, 4) is 0 Å². The van der Waals surface area contributed by atoms with Gasteiger partial charge in [-0.1, -0.05) is 20.8 Å². The van der Waals surface area contributed by atoms with Crippen molar-refractivity contribution in [1.29, 1.82) is 0 Å². The van der Waals surface area contributed by atoms with Gasteiger partial charge in [-0.25, -0.2) is 4.39 Å². The molecule has 0 fully saturated rings. The van der Waals surface area contributed by atoms with Gasteiger partial charge < -0.3 is 5.32 Å². The van der Waals surface area contributed by atoms with Gasteiger partial charge >= 0.3 is 0 Å². The summed E-state index contributed by atoms with van der Waals surface area (Å²) in [6.45, 7) is 6.81. The zero-order valence-electron chi connectivity index (χ0n) is 11.8. The first kappa shape index (κ1) is 15.5. The van der Waals surface area contributed by atoms with E-state index in [1.807, 2.05) is 19.2 Å². The Morgan fingerprint density at radius 1 is 1.22 bits per heavy atom. The second-order valence-electron chi connectivity index (χ2n) is 5.85. The smallest absolute Gasteiger partial charge is 0.123 e. The molecule has 1 nitrogen and oxygen atoms in total. The molecule has 0 saturated carbocycles. The van der Waals surface area contributed by atoms with Crippen LogP contribution in [-0.2, 0) is 0 Å². The molecule has 0 aliphatic heterocycles. The first-order valence-electron chi connectivity index (χ1n) is 6.46. The summed E-state index contributed by atoms with van der Waals surface area (Å²) in [5.74, 6) is 0.857. The third-order valence-electron chi connectivity index (χ3n) is 2.92. The number of nitrogens with one attached hydrogen (secondary N) is 1. The van der Waals surface area contributed by atoms with Gasteiger partial charge in [-0.05, 0) is 49.6 Å². The summed E-state index contributed by atoms with van der Waals surface area (Å²) in [6, 6.07) is 7.24. The van der Waals surface area contributed by atoms with Crippen LogP contribution >= 0.6 is 11.8 Å². The number of hydrogen-bond donors (Lipinski definition) is 1. The van der Waals surface area contributed by atoms with E-state index in [1.54, 1.807) is 11.8 Å². The van der Waals surface area contributed by atoms with E-state index in [4.69, 9.17) is 0 Å². The van der Waals surface area contributed by atoms with Crippen LogP contribution in [-0.4, -0.2) is 18.8 Å². The van der Waals surface area contributed by atoms with Gasteiger partial charge in [-0.3, -0.25) is 0 Å². The molecule has 1 aromatic carbocycles. The normalized spacial score (nSPS) is 13.6. The predicted octanol–water partition coefficient (Wildman–Crippen LogP) is 4.33. The Balaban J connectivity index is 2.37. The van der Waals surface area contributed by atoms with Gasteiger partial charge in [0.2, 0.25) is 0 Å². The number of benzene rings is 1. The molecule has 3 heteroatoms. The number of halogens is 1. The highest BCUT2D eigenvalue weighted by Gasteiger charge is 2.14. The van der Waals surface area contributed by atoms with Crippen LogP contribution in [0, 0.1) is 11.2 Å². The Hall–Kier alpha value is -0.540. The fourth-order valence-corrected chi connectivity index (χ4v) is 2.70. The van der Waals surface area contributed by atoms with Crippen molar-refractivity contribution in [3.63, 3.8) is 0 Å². The zero-order chi connectivity index (χ0) is 13.6. The molecule has 1 rings (SSSR count). The van der Waals surface area contributed by atoms with Crippen LogP contribution in [0.15, 0.2) is 29.2 Å². The maximum atomic E-state index is 12.8. The highest BCUT2D eigenvalue weighted by atomic mass is 32.2. The van der Waals surface area contributed by atoms with Gasteiger partial charge in [0.05, 0.1) is 0 Å². The molecule has 0 heterocycles. The molecule has 1 N–H and O–H groups in total. The fraction of sp³-hybridized carbons (Fsp3) is 0.600. The minimum absolute atomic E-state index is 0.169. The van der Waals surface area contributed by atoms with Crippen LogP contribution in [0.2, 0.25) is 0 Å². The third-order valence-corrected chi connectivity index (χ3v) is 4.09. The summed E-state index contributed by atoms with van der Waals surface area (Å²) < 4.78 is 12.8. The van der Waals surface area contributed by atoms with Crippen molar-refractivity contribution >= 4 is 11.8 Å². The number of thioether (sulfide) groups is 1. The molecule has 0 spiro atoms. The summed E-state index contributed by atoms with van der Waals surface area (Å²) in [6.07, 6.45) is 2.39. The Morgan fingerprint density at radius 3 is 2.33 bits per heavy atom. The van der Waals surface area contributed by atoms with Gasteiger partial charge in [-0.2, -0.15) is 0 Å². The Morgan fingerprint density at radius 2 is 1.83 bits per heavy atom. The summed E-state index contributed by atoms with van der Waals surface area (Å²) in [7, 11) is 2.01. The lowest BCUT2D eigenvalue weighted by Gasteiger charge is -2.22. The molecule has 0 radical (unpaired) electrons. The van der Waals surface area contributed by atoms with Gasteiger partial charge in [0.25, 0.3) is 0 Å². The number of hydrogen-bond acceptors (Lipinski definition) is 2. The zero-order valence-corrected chi connectivity index (χ0v) is 12.6. The summed E-state index contributed by atoms with van der Waals surface area (Å²) in [4.78, 5) is 1.13.